The van der Waals surface area contributed by atoms with Crippen LogP contribution in [0, 0.1) is 0 Å². The number of ether oxygens (including phenoxy) is 1. The average molecular weight is 427 g/mol. The van der Waals surface area contributed by atoms with Gasteiger partial charge in [-0.3, -0.25) is 4.90 Å². The van der Waals surface area contributed by atoms with Gasteiger partial charge in [0.25, 0.3) is 0 Å². The SMILES string of the molecule is C=CCN(C)C/C=C/COc1ccc(C2=NOCc3cc(Br)ccc32)cc1. The fourth-order valence-corrected chi connectivity index (χ4v) is 3.22. The van der Waals surface area contributed by atoms with Gasteiger partial charge in [0.15, 0.2) is 0 Å². The number of halogens is 1. The minimum atomic E-state index is 0.494. The van der Waals surface area contributed by atoms with Crippen LogP contribution in [0.25, 0.3) is 0 Å². The Balaban J connectivity index is 1.59. The molecule has 0 radical (unpaired) electrons. The molecular weight excluding hydrogens is 404 g/mol. The summed E-state index contributed by atoms with van der Waals surface area (Å²) in [6.07, 6.45) is 6.02. The normalized spacial score (nSPS) is 13.2. The van der Waals surface area contributed by atoms with Crippen molar-refractivity contribution in [2.24, 2.45) is 5.16 Å². The van der Waals surface area contributed by atoms with Crippen molar-refractivity contribution in [2.75, 3.05) is 26.7 Å². The topological polar surface area (TPSA) is 34.1 Å². The molecule has 0 unspecified atom stereocenters. The number of oxime groups is 1. The Labute approximate surface area is 168 Å². The van der Waals surface area contributed by atoms with Crippen molar-refractivity contribution >= 4 is 21.6 Å². The van der Waals surface area contributed by atoms with E-state index in [1.54, 1.807) is 0 Å². The first kappa shape index (κ1) is 19.4. The van der Waals surface area contributed by atoms with E-state index in [1.165, 1.54) is 0 Å². The fraction of sp³-hybridized carbons (Fsp3) is 0.227. The molecule has 2 aromatic carbocycles. The molecule has 1 aliphatic rings. The Bertz CT molecular complexity index is 844. The minimum absolute atomic E-state index is 0.494. The molecule has 0 aliphatic carbocycles. The maximum absolute atomic E-state index is 5.77. The van der Waals surface area contributed by atoms with Gasteiger partial charge < -0.3 is 9.57 Å². The smallest absolute Gasteiger partial charge is 0.143 e. The van der Waals surface area contributed by atoms with E-state index >= 15 is 0 Å². The van der Waals surface area contributed by atoms with Crippen LogP contribution in [0.15, 0.2) is 76.9 Å². The first-order valence-corrected chi connectivity index (χ1v) is 9.63. The van der Waals surface area contributed by atoms with Crippen molar-refractivity contribution in [3.8, 4) is 5.75 Å². The van der Waals surface area contributed by atoms with Gasteiger partial charge in [-0.15, -0.1) is 6.58 Å². The van der Waals surface area contributed by atoms with Crippen LogP contribution in [0.1, 0.15) is 16.7 Å². The van der Waals surface area contributed by atoms with Crippen LogP contribution < -0.4 is 4.74 Å². The predicted octanol–water partition coefficient (Wildman–Crippen LogP) is 4.78. The number of likely N-dealkylation sites (N-methyl/N-ethyl adjacent to an activating group) is 1. The molecule has 0 amide bonds. The lowest BCUT2D eigenvalue weighted by Crippen LogP contribution is -2.17. The van der Waals surface area contributed by atoms with Crippen molar-refractivity contribution < 1.29 is 9.57 Å². The molecule has 1 heterocycles. The van der Waals surface area contributed by atoms with E-state index in [2.05, 4.69) is 57.8 Å². The molecule has 27 heavy (non-hydrogen) atoms. The lowest BCUT2D eigenvalue weighted by molar-refractivity contribution is 0.126. The van der Waals surface area contributed by atoms with Gasteiger partial charge in [0.2, 0.25) is 0 Å². The summed E-state index contributed by atoms with van der Waals surface area (Å²) in [7, 11) is 2.06. The zero-order chi connectivity index (χ0) is 19.1. The lowest BCUT2D eigenvalue weighted by atomic mass is 9.97. The van der Waals surface area contributed by atoms with E-state index in [1.807, 2.05) is 42.5 Å². The van der Waals surface area contributed by atoms with E-state index in [0.29, 0.717) is 13.2 Å². The van der Waals surface area contributed by atoms with Gasteiger partial charge in [-0.05, 0) is 43.4 Å². The van der Waals surface area contributed by atoms with Crippen LogP contribution >= 0.6 is 15.9 Å². The van der Waals surface area contributed by atoms with Crippen LogP contribution in [0.5, 0.6) is 5.75 Å². The second kappa shape index (κ2) is 9.53. The van der Waals surface area contributed by atoms with Crippen molar-refractivity contribution in [2.45, 2.75) is 6.61 Å². The van der Waals surface area contributed by atoms with Gasteiger partial charge >= 0.3 is 0 Å². The average Bonchev–Trinajstić information content (AvgIpc) is 2.68. The number of nitrogens with zero attached hydrogens (tertiary/aromatic N) is 2. The molecule has 0 N–H and O–H groups in total. The molecule has 0 bridgehead atoms. The van der Waals surface area contributed by atoms with E-state index in [4.69, 9.17) is 9.57 Å². The summed E-state index contributed by atoms with van der Waals surface area (Å²) in [5.74, 6) is 0.830. The molecule has 0 saturated heterocycles. The van der Waals surface area contributed by atoms with Gasteiger partial charge in [0, 0.05) is 34.3 Å². The molecule has 5 heteroatoms. The van der Waals surface area contributed by atoms with Crippen LogP contribution in [-0.2, 0) is 11.4 Å². The number of hydrogen-bond acceptors (Lipinski definition) is 4. The Morgan fingerprint density at radius 1 is 1.19 bits per heavy atom. The van der Waals surface area contributed by atoms with E-state index < -0.39 is 0 Å². The molecule has 2 aromatic rings. The Morgan fingerprint density at radius 2 is 2.00 bits per heavy atom. The molecule has 0 spiro atoms. The molecule has 0 saturated carbocycles. The predicted molar refractivity (Wildman–Crippen MR) is 113 cm³/mol. The second-order valence-corrected chi connectivity index (χ2v) is 7.25. The zero-order valence-corrected chi connectivity index (χ0v) is 17.0. The molecule has 1 aliphatic heterocycles. The highest BCUT2D eigenvalue weighted by Gasteiger charge is 2.17. The monoisotopic (exact) mass is 426 g/mol. The van der Waals surface area contributed by atoms with Gasteiger partial charge in [-0.2, -0.15) is 0 Å². The minimum Gasteiger partial charge on any atom is -0.490 e. The molecule has 0 atom stereocenters. The maximum atomic E-state index is 5.77. The second-order valence-electron chi connectivity index (χ2n) is 6.33. The summed E-state index contributed by atoms with van der Waals surface area (Å²) in [6, 6.07) is 14.1. The zero-order valence-electron chi connectivity index (χ0n) is 15.4. The quantitative estimate of drug-likeness (QED) is 0.569. The summed E-state index contributed by atoms with van der Waals surface area (Å²) in [5.41, 5.74) is 4.08. The number of benzene rings is 2. The van der Waals surface area contributed by atoms with E-state index in [9.17, 15) is 0 Å². The van der Waals surface area contributed by atoms with Crippen LogP contribution in [0.2, 0.25) is 0 Å². The van der Waals surface area contributed by atoms with E-state index in [0.717, 1.165) is 45.7 Å². The Morgan fingerprint density at radius 3 is 2.78 bits per heavy atom. The van der Waals surface area contributed by atoms with Crippen molar-refractivity contribution in [1.29, 1.82) is 0 Å². The number of fused-ring (bicyclic) bond motifs is 1. The van der Waals surface area contributed by atoms with Crippen LogP contribution in [-0.4, -0.2) is 37.4 Å². The van der Waals surface area contributed by atoms with Gasteiger partial charge in [0.1, 0.15) is 24.7 Å². The summed E-state index contributed by atoms with van der Waals surface area (Å²) < 4.78 is 6.81. The first-order valence-electron chi connectivity index (χ1n) is 8.84. The van der Waals surface area contributed by atoms with Gasteiger partial charge in [0.05, 0.1) is 0 Å². The summed E-state index contributed by atoms with van der Waals surface area (Å²) >= 11 is 3.50. The van der Waals surface area contributed by atoms with Crippen molar-refractivity contribution in [3.63, 3.8) is 0 Å². The third kappa shape index (κ3) is 5.31. The molecule has 140 valence electrons. The van der Waals surface area contributed by atoms with Gasteiger partial charge in [-0.1, -0.05) is 45.4 Å². The molecule has 0 fully saturated rings. The van der Waals surface area contributed by atoms with Crippen molar-refractivity contribution in [3.05, 3.63) is 88.4 Å². The molecule has 4 nitrogen and oxygen atoms in total. The summed E-state index contributed by atoms with van der Waals surface area (Å²) in [4.78, 5) is 7.56. The molecule has 0 aromatic heterocycles. The maximum Gasteiger partial charge on any atom is 0.143 e. The molecule has 3 rings (SSSR count). The Hall–Kier alpha value is -2.37. The summed E-state index contributed by atoms with van der Waals surface area (Å²) in [6.45, 7) is 6.52. The molecular formula is C22H23BrN2O2. The number of hydrogen-bond donors (Lipinski definition) is 0. The Kier molecular flexibility index (Phi) is 6.85. The fourth-order valence-electron chi connectivity index (χ4n) is 2.81. The highest BCUT2D eigenvalue weighted by atomic mass is 79.9. The largest absolute Gasteiger partial charge is 0.490 e. The van der Waals surface area contributed by atoms with E-state index in [-0.39, 0.29) is 0 Å². The standard InChI is InChI=1S/C22H23BrN2O2/c1-3-12-25(2)13-4-5-14-26-20-9-6-17(7-10-20)22-21-11-8-19(23)15-18(21)16-27-24-22/h3-11,15H,1,12-14,16H2,2H3/b5-4+. The van der Waals surface area contributed by atoms with Crippen molar-refractivity contribution in [1.82, 2.24) is 4.90 Å². The first-order chi connectivity index (χ1) is 13.2. The highest BCUT2D eigenvalue weighted by Crippen LogP contribution is 2.25. The summed E-state index contributed by atoms with van der Waals surface area (Å²) in [5, 5.41) is 4.26. The number of rotatable bonds is 8. The highest BCUT2D eigenvalue weighted by molar-refractivity contribution is 9.10. The third-order valence-corrected chi connectivity index (χ3v) is 4.69. The van der Waals surface area contributed by atoms with Crippen LogP contribution in [0.3, 0.4) is 0 Å². The van der Waals surface area contributed by atoms with Crippen LogP contribution in [0.4, 0.5) is 0 Å². The third-order valence-electron chi connectivity index (χ3n) is 4.20. The van der Waals surface area contributed by atoms with Gasteiger partial charge in [-0.25, -0.2) is 0 Å². The lowest BCUT2D eigenvalue weighted by Gasteiger charge is -2.17.